The van der Waals surface area contributed by atoms with Crippen LogP contribution in [0.5, 0.6) is 0 Å². The van der Waals surface area contributed by atoms with Crippen LogP contribution in [0.25, 0.3) is 11.1 Å². The van der Waals surface area contributed by atoms with E-state index in [1.165, 1.54) is 10.9 Å². The van der Waals surface area contributed by atoms with Gasteiger partial charge in [-0.2, -0.15) is 5.10 Å². The van der Waals surface area contributed by atoms with Crippen LogP contribution >= 0.6 is 11.6 Å². The van der Waals surface area contributed by atoms with Crippen LogP contribution in [0.15, 0.2) is 42.9 Å². The van der Waals surface area contributed by atoms with E-state index in [2.05, 4.69) is 10.1 Å². The van der Waals surface area contributed by atoms with E-state index in [0.717, 1.165) is 35.9 Å². The molecule has 0 radical (unpaired) electrons. The first-order chi connectivity index (χ1) is 15.8. The summed E-state index contributed by atoms with van der Waals surface area (Å²) in [5.41, 5.74) is 2.64. The number of rotatable bonds is 6. The number of piperidine rings is 1. The Balaban J connectivity index is 1.58. The van der Waals surface area contributed by atoms with E-state index in [1.807, 2.05) is 49.5 Å². The fraction of sp³-hybridized carbons (Fsp3) is 0.364. The number of likely N-dealkylation sites (tertiary alicyclic amines) is 1. The monoisotopic (exact) mass is 469 g/mol. The average Bonchev–Trinajstić information content (AvgIpc) is 3.28. The lowest BCUT2D eigenvalue weighted by Crippen LogP contribution is -2.41. The number of amides is 1. The molecule has 33 heavy (non-hydrogen) atoms. The molecule has 4 rings (SSSR count). The van der Waals surface area contributed by atoms with Crippen LogP contribution in [0.1, 0.15) is 24.5 Å². The van der Waals surface area contributed by atoms with Crippen molar-refractivity contribution < 1.29 is 9.72 Å². The summed E-state index contributed by atoms with van der Waals surface area (Å²) in [5, 5.41) is 15.5. The molecule has 1 aliphatic heterocycles. The summed E-state index contributed by atoms with van der Waals surface area (Å²) < 4.78 is 1.30. The van der Waals surface area contributed by atoms with Gasteiger partial charge in [-0.15, -0.1) is 0 Å². The molecule has 172 valence electrons. The van der Waals surface area contributed by atoms with Crippen molar-refractivity contribution in [3.63, 3.8) is 0 Å². The molecule has 1 fully saturated rings. The molecular weight excluding hydrogens is 446 g/mol. The van der Waals surface area contributed by atoms with Crippen molar-refractivity contribution >= 4 is 29.1 Å². The largest absolute Gasteiger partial charge is 0.347 e. The molecule has 1 saturated heterocycles. The minimum atomic E-state index is -0.527. The molecule has 2 aromatic heterocycles. The molecule has 0 bridgehead atoms. The van der Waals surface area contributed by atoms with Gasteiger partial charge >= 0.3 is 5.69 Å². The summed E-state index contributed by atoms with van der Waals surface area (Å²) in [6.45, 7) is 1.09. The normalized spacial score (nSPS) is 16.0. The van der Waals surface area contributed by atoms with Crippen LogP contribution < -0.4 is 4.90 Å². The lowest BCUT2D eigenvalue weighted by atomic mass is 9.90. The Kier molecular flexibility index (Phi) is 6.55. The maximum Gasteiger partial charge on any atom is 0.307 e. The van der Waals surface area contributed by atoms with Gasteiger partial charge in [-0.1, -0.05) is 23.7 Å². The highest BCUT2D eigenvalue weighted by Crippen LogP contribution is 2.34. The second-order valence-corrected chi connectivity index (χ2v) is 8.64. The Morgan fingerprint density at radius 3 is 2.70 bits per heavy atom. The first kappa shape index (κ1) is 22.7. The molecule has 0 saturated carbocycles. The average molecular weight is 470 g/mol. The van der Waals surface area contributed by atoms with Crippen molar-refractivity contribution in [2.24, 2.45) is 0 Å². The predicted molar refractivity (Wildman–Crippen MR) is 124 cm³/mol. The standard InChI is InChI=1S/C22H24ClN7O3/c1-27(2)22-24-11-19(15-5-7-17(23)8-6-15)21(26-22)16-4-3-9-28(12-16)20(31)14-29-13-18(10-25-29)30(32)33/h5-8,10-11,13,16H,3-4,9,12,14H2,1-2H3. The number of benzene rings is 1. The molecular formula is C22H24ClN7O3. The van der Waals surface area contributed by atoms with E-state index >= 15 is 0 Å². The van der Waals surface area contributed by atoms with Crippen molar-refractivity contribution in [2.75, 3.05) is 32.1 Å². The highest BCUT2D eigenvalue weighted by molar-refractivity contribution is 6.30. The summed E-state index contributed by atoms with van der Waals surface area (Å²) >= 11 is 6.07. The van der Waals surface area contributed by atoms with Crippen molar-refractivity contribution in [1.82, 2.24) is 24.6 Å². The summed E-state index contributed by atoms with van der Waals surface area (Å²) in [7, 11) is 3.78. The fourth-order valence-electron chi connectivity index (χ4n) is 3.96. The Labute approximate surface area is 196 Å². The summed E-state index contributed by atoms with van der Waals surface area (Å²) in [5.74, 6) is 0.504. The first-order valence-corrected chi connectivity index (χ1v) is 10.9. The minimum Gasteiger partial charge on any atom is -0.347 e. The zero-order valence-corrected chi connectivity index (χ0v) is 19.1. The van der Waals surface area contributed by atoms with Crippen LogP contribution in [-0.2, 0) is 11.3 Å². The highest BCUT2D eigenvalue weighted by Gasteiger charge is 2.29. The van der Waals surface area contributed by atoms with Crippen molar-refractivity contribution in [3.8, 4) is 11.1 Å². The molecule has 0 aliphatic carbocycles. The first-order valence-electron chi connectivity index (χ1n) is 10.6. The number of carbonyl (C=O) groups is 1. The number of halogens is 1. The molecule has 1 atom stereocenters. The molecule has 1 amide bonds. The minimum absolute atomic E-state index is 0.0297. The number of nitrogens with zero attached hydrogens (tertiary/aromatic N) is 7. The smallest absolute Gasteiger partial charge is 0.307 e. The van der Waals surface area contributed by atoms with Gasteiger partial charge in [0.25, 0.3) is 0 Å². The number of hydrogen-bond donors (Lipinski definition) is 0. The van der Waals surface area contributed by atoms with Gasteiger partial charge < -0.3 is 9.80 Å². The topological polar surface area (TPSA) is 110 Å². The number of anilines is 1. The fourth-order valence-corrected chi connectivity index (χ4v) is 4.09. The van der Waals surface area contributed by atoms with Gasteiger partial charge in [0.15, 0.2) is 0 Å². The van der Waals surface area contributed by atoms with E-state index < -0.39 is 4.92 Å². The van der Waals surface area contributed by atoms with Gasteiger partial charge in [0.05, 0.1) is 10.6 Å². The third kappa shape index (κ3) is 5.11. The Hall–Kier alpha value is -3.53. The van der Waals surface area contributed by atoms with Gasteiger partial charge in [-0.05, 0) is 30.5 Å². The molecule has 3 heterocycles. The van der Waals surface area contributed by atoms with Gasteiger partial charge in [-0.3, -0.25) is 19.6 Å². The van der Waals surface area contributed by atoms with Crippen LogP contribution in [0.3, 0.4) is 0 Å². The molecule has 1 unspecified atom stereocenters. The third-order valence-electron chi connectivity index (χ3n) is 5.65. The molecule has 1 aliphatic rings. The molecule has 11 heteroatoms. The molecule has 10 nitrogen and oxygen atoms in total. The quantitative estimate of drug-likeness (QED) is 0.402. The van der Waals surface area contributed by atoms with Crippen LogP contribution in [0, 0.1) is 10.1 Å². The number of aromatic nitrogens is 4. The second-order valence-electron chi connectivity index (χ2n) is 8.20. The summed E-state index contributed by atoms with van der Waals surface area (Å²) in [6.07, 6.45) is 5.96. The van der Waals surface area contributed by atoms with Crippen molar-refractivity contribution in [2.45, 2.75) is 25.3 Å². The van der Waals surface area contributed by atoms with Crippen LogP contribution in [0.2, 0.25) is 5.02 Å². The van der Waals surface area contributed by atoms with Gasteiger partial charge in [0, 0.05) is 49.9 Å². The molecule has 1 aromatic carbocycles. The van der Waals surface area contributed by atoms with Crippen LogP contribution in [-0.4, -0.2) is 62.7 Å². The molecule has 0 spiro atoms. The van der Waals surface area contributed by atoms with E-state index in [-0.39, 0.29) is 24.1 Å². The number of hydrogen-bond acceptors (Lipinski definition) is 7. The highest BCUT2D eigenvalue weighted by atomic mass is 35.5. The van der Waals surface area contributed by atoms with E-state index in [1.54, 1.807) is 4.90 Å². The Morgan fingerprint density at radius 1 is 1.27 bits per heavy atom. The maximum absolute atomic E-state index is 12.9. The van der Waals surface area contributed by atoms with Crippen LogP contribution in [0.4, 0.5) is 11.6 Å². The zero-order chi connectivity index (χ0) is 23.5. The van der Waals surface area contributed by atoms with E-state index in [9.17, 15) is 14.9 Å². The summed E-state index contributed by atoms with van der Waals surface area (Å²) in [6, 6.07) is 7.55. The van der Waals surface area contributed by atoms with Gasteiger partial charge in [-0.25, -0.2) is 9.97 Å². The number of nitro groups is 1. The van der Waals surface area contributed by atoms with E-state index in [4.69, 9.17) is 16.6 Å². The van der Waals surface area contributed by atoms with Gasteiger partial charge in [0.2, 0.25) is 11.9 Å². The lowest BCUT2D eigenvalue weighted by molar-refractivity contribution is -0.385. The van der Waals surface area contributed by atoms with Crippen molar-refractivity contribution in [1.29, 1.82) is 0 Å². The number of carbonyl (C=O) groups excluding carboxylic acids is 1. The molecule has 0 N–H and O–H groups in total. The Bertz CT molecular complexity index is 1160. The molecule has 3 aromatic rings. The third-order valence-corrected chi connectivity index (χ3v) is 5.90. The zero-order valence-electron chi connectivity index (χ0n) is 18.4. The lowest BCUT2D eigenvalue weighted by Gasteiger charge is -2.33. The van der Waals surface area contributed by atoms with E-state index in [0.29, 0.717) is 24.1 Å². The van der Waals surface area contributed by atoms with Gasteiger partial charge in [0.1, 0.15) is 18.9 Å². The predicted octanol–water partition coefficient (Wildman–Crippen LogP) is 3.37. The second kappa shape index (κ2) is 9.53. The maximum atomic E-state index is 12.9. The van der Waals surface area contributed by atoms with Crippen molar-refractivity contribution in [3.05, 3.63) is 63.7 Å². The SMILES string of the molecule is CN(C)c1ncc(-c2ccc(Cl)cc2)c(C2CCCN(C(=O)Cn3cc([N+](=O)[O-])cn3)C2)n1. The summed E-state index contributed by atoms with van der Waals surface area (Å²) in [4.78, 5) is 36.3. The Morgan fingerprint density at radius 2 is 2.03 bits per heavy atom.